The summed E-state index contributed by atoms with van der Waals surface area (Å²) in [6.45, 7) is 1.67. The van der Waals surface area contributed by atoms with E-state index in [9.17, 15) is 0 Å². The summed E-state index contributed by atoms with van der Waals surface area (Å²) in [5, 5.41) is 17.8. The molecule has 1 aliphatic heterocycles. The number of benzene rings is 1. The average Bonchev–Trinajstić information content (AvgIpc) is 3.05. The monoisotopic (exact) mass is 273 g/mol. The van der Waals surface area contributed by atoms with E-state index < -0.39 is 0 Å². The van der Waals surface area contributed by atoms with Gasteiger partial charge in [0.15, 0.2) is 5.84 Å². The van der Waals surface area contributed by atoms with Crippen LogP contribution in [-0.4, -0.2) is 38.3 Å². The van der Waals surface area contributed by atoms with E-state index >= 15 is 0 Å². The Morgan fingerprint density at radius 1 is 1.50 bits per heavy atom. The Kier molecular flexibility index (Phi) is 3.31. The smallest absolute Gasteiger partial charge is 0.156 e. The molecule has 2 heterocycles. The predicted molar refractivity (Wildman–Crippen MR) is 77.6 cm³/mol. The zero-order chi connectivity index (χ0) is 14.1. The largest absolute Gasteiger partial charge is 0.409 e. The van der Waals surface area contributed by atoms with Crippen LogP contribution in [0.2, 0.25) is 0 Å². The van der Waals surface area contributed by atoms with Gasteiger partial charge in [0, 0.05) is 19.0 Å². The van der Waals surface area contributed by atoms with Crippen molar-refractivity contribution in [1.29, 1.82) is 0 Å². The number of nitrogens with two attached hydrogens (primary N) is 1. The fraction of sp³-hybridized carbons (Fsp3) is 0.429. The summed E-state index contributed by atoms with van der Waals surface area (Å²) in [7, 11) is 1.96. The fourth-order valence-corrected chi connectivity index (χ4v) is 3.01. The van der Waals surface area contributed by atoms with Crippen molar-refractivity contribution in [3.63, 3.8) is 0 Å². The molecule has 0 bridgehead atoms. The van der Waals surface area contributed by atoms with Crippen molar-refractivity contribution in [1.82, 2.24) is 14.7 Å². The van der Waals surface area contributed by atoms with Gasteiger partial charge in [0.1, 0.15) is 0 Å². The molecule has 1 atom stereocenters. The SMILES string of the molecule is Cn1nc(CN2CCCC2C(N)=NO)c2ccccc21. The van der Waals surface area contributed by atoms with E-state index in [1.165, 1.54) is 5.39 Å². The van der Waals surface area contributed by atoms with Gasteiger partial charge < -0.3 is 10.9 Å². The maximum absolute atomic E-state index is 8.87. The third-order valence-electron chi connectivity index (χ3n) is 4.01. The lowest BCUT2D eigenvalue weighted by Gasteiger charge is -2.22. The Hall–Kier alpha value is -2.08. The molecular formula is C14H19N5O. The summed E-state index contributed by atoms with van der Waals surface area (Å²) in [6, 6.07) is 8.21. The lowest BCUT2D eigenvalue weighted by Crippen LogP contribution is -2.40. The summed E-state index contributed by atoms with van der Waals surface area (Å²) < 4.78 is 1.90. The lowest BCUT2D eigenvalue weighted by molar-refractivity contribution is 0.272. The summed E-state index contributed by atoms with van der Waals surface area (Å²) in [5.74, 6) is 0.294. The van der Waals surface area contributed by atoms with E-state index in [0.29, 0.717) is 5.84 Å². The minimum atomic E-state index is 0.0146. The maximum atomic E-state index is 8.87. The molecule has 1 fully saturated rings. The van der Waals surface area contributed by atoms with Crippen LogP contribution in [0.1, 0.15) is 18.5 Å². The Labute approximate surface area is 117 Å². The molecule has 1 saturated heterocycles. The number of fused-ring (bicyclic) bond motifs is 1. The molecule has 0 radical (unpaired) electrons. The van der Waals surface area contributed by atoms with Crippen molar-refractivity contribution in [2.24, 2.45) is 17.9 Å². The van der Waals surface area contributed by atoms with Crippen molar-refractivity contribution in [2.75, 3.05) is 6.54 Å². The molecule has 6 heteroatoms. The summed E-state index contributed by atoms with van der Waals surface area (Å²) >= 11 is 0. The second-order valence-corrected chi connectivity index (χ2v) is 5.24. The third-order valence-corrected chi connectivity index (χ3v) is 4.01. The van der Waals surface area contributed by atoms with Crippen LogP contribution in [0.4, 0.5) is 0 Å². The Morgan fingerprint density at radius 2 is 2.30 bits per heavy atom. The van der Waals surface area contributed by atoms with E-state index in [1.807, 2.05) is 23.9 Å². The molecule has 1 aromatic carbocycles. The second kappa shape index (κ2) is 5.13. The number of aromatic nitrogens is 2. The molecule has 0 spiro atoms. The van der Waals surface area contributed by atoms with Gasteiger partial charge in [-0.15, -0.1) is 0 Å². The molecule has 1 unspecified atom stereocenters. The van der Waals surface area contributed by atoms with Crippen LogP contribution in [-0.2, 0) is 13.6 Å². The standard InChI is InChI=1S/C14H19N5O/c1-18-12-6-3-2-5-10(12)11(16-18)9-19-8-4-7-13(19)14(15)17-20/h2-3,5-6,13,20H,4,7-9H2,1H3,(H2,15,17). The molecule has 3 rings (SSSR count). The van der Waals surface area contributed by atoms with E-state index in [2.05, 4.69) is 27.3 Å². The average molecular weight is 273 g/mol. The normalized spacial score (nSPS) is 20.9. The van der Waals surface area contributed by atoms with Crippen molar-refractivity contribution in [3.05, 3.63) is 30.0 Å². The molecule has 1 aliphatic rings. The zero-order valence-electron chi connectivity index (χ0n) is 11.5. The number of hydrogen-bond acceptors (Lipinski definition) is 4. The van der Waals surface area contributed by atoms with Gasteiger partial charge in [0.2, 0.25) is 0 Å². The first-order valence-corrected chi connectivity index (χ1v) is 6.83. The van der Waals surface area contributed by atoms with Gasteiger partial charge in [0.05, 0.1) is 17.3 Å². The predicted octanol–water partition coefficient (Wildman–Crippen LogP) is 1.28. The molecule has 2 aromatic rings. The lowest BCUT2D eigenvalue weighted by atomic mass is 10.1. The number of hydrogen-bond donors (Lipinski definition) is 2. The first-order valence-electron chi connectivity index (χ1n) is 6.83. The van der Waals surface area contributed by atoms with Crippen LogP contribution in [0.3, 0.4) is 0 Å². The van der Waals surface area contributed by atoms with E-state index in [4.69, 9.17) is 10.9 Å². The molecule has 6 nitrogen and oxygen atoms in total. The highest BCUT2D eigenvalue weighted by atomic mass is 16.4. The van der Waals surface area contributed by atoms with Gasteiger partial charge in [-0.05, 0) is 25.5 Å². The highest BCUT2D eigenvalue weighted by Gasteiger charge is 2.29. The minimum absolute atomic E-state index is 0.0146. The van der Waals surface area contributed by atoms with E-state index in [1.54, 1.807) is 0 Å². The van der Waals surface area contributed by atoms with Gasteiger partial charge in [0.25, 0.3) is 0 Å². The molecule has 0 aliphatic carbocycles. The summed E-state index contributed by atoms with van der Waals surface area (Å²) in [6.07, 6.45) is 1.99. The van der Waals surface area contributed by atoms with Crippen LogP contribution in [0.5, 0.6) is 0 Å². The van der Waals surface area contributed by atoms with Gasteiger partial charge in [-0.1, -0.05) is 23.4 Å². The van der Waals surface area contributed by atoms with Crippen LogP contribution in [0.25, 0.3) is 10.9 Å². The molecule has 106 valence electrons. The van der Waals surface area contributed by atoms with Crippen LogP contribution >= 0.6 is 0 Å². The Balaban J connectivity index is 1.90. The number of amidine groups is 1. The van der Waals surface area contributed by atoms with Gasteiger partial charge in [-0.3, -0.25) is 9.58 Å². The van der Waals surface area contributed by atoms with Crippen LogP contribution in [0, 0.1) is 0 Å². The third kappa shape index (κ3) is 2.12. The van der Waals surface area contributed by atoms with E-state index in [-0.39, 0.29) is 6.04 Å². The van der Waals surface area contributed by atoms with Gasteiger partial charge >= 0.3 is 0 Å². The number of aryl methyl sites for hydroxylation is 1. The molecule has 0 amide bonds. The first-order chi connectivity index (χ1) is 9.70. The summed E-state index contributed by atoms with van der Waals surface area (Å²) in [4.78, 5) is 2.23. The molecule has 3 N–H and O–H groups in total. The Morgan fingerprint density at radius 3 is 3.10 bits per heavy atom. The van der Waals surface area contributed by atoms with Crippen LogP contribution < -0.4 is 5.73 Å². The number of nitrogens with zero attached hydrogens (tertiary/aromatic N) is 4. The van der Waals surface area contributed by atoms with Crippen LogP contribution in [0.15, 0.2) is 29.4 Å². The van der Waals surface area contributed by atoms with E-state index in [0.717, 1.165) is 37.1 Å². The highest BCUT2D eigenvalue weighted by Crippen LogP contribution is 2.24. The van der Waals surface area contributed by atoms with Crippen molar-refractivity contribution >= 4 is 16.7 Å². The molecular weight excluding hydrogens is 254 g/mol. The number of rotatable bonds is 3. The van der Waals surface area contributed by atoms with Gasteiger partial charge in [-0.2, -0.15) is 5.10 Å². The fourth-order valence-electron chi connectivity index (χ4n) is 3.01. The van der Waals surface area contributed by atoms with Crippen molar-refractivity contribution in [3.8, 4) is 0 Å². The summed E-state index contributed by atoms with van der Waals surface area (Å²) in [5.41, 5.74) is 7.94. The Bertz CT molecular complexity index is 648. The number of para-hydroxylation sites is 1. The minimum Gasteiger partial charge on any atom is -0.409 e. The highest BCUT2D eigenvalue weighted by molar-refractivity contribution is 5.85. The van der Waals surface area contributed by atoms with Crippen molar-refractivity contribution in [2.45, 2.75) is 25.4 Å². The second-order valence-electron chi connectivity index (χ2n) is 5.24. The molecule has 20 heavy (non-hydrogen) atoms. The molecule has 1 aromatic heterocycles. The van der Waals surface area contributed by atoms with Crippen molar-refractivity contribution < 1.29 is 5.21 Å². The topological polar surface area (TPSA) is 79.7 Å². The number of likely N-dealkylation sites (tertiary alicyclic amines) is 1. The maximum Gasteiger partial charge on any atom is 0.156 e. The number of oxime groups is 1. The quantitative estimate of drug-likeness (QED) is 0.382. The van der Waals surface area contributed by atoms with Gasteiger partial charge in [-0.25, -0.2) is 0 Å². The zero-order valence-corrected chi connectivity index (χ0v) is 11.5. The first kappa shape index (κ1) is 12.9. The molecule has 0 saturated carbocycles.